The van der Waals surface area contributed by atoms with Crippen LogP contribution in [0.2, 0.25) is 0 Å². The van der Waals surface area contributed by atoms with Crippen LogP contribution in [0.5, 0.6) is 0 Å². The minimum atomic E-state index is 0.0792. The fraction of sp³-hybridized carbons (Fsp3) is 0.188. The van der Waals surface area contributed by atoms with Crippen LogP contribution in [-0.2, 0) is 7.05 Å². The highest BCUT2D eigenvalue weighted by Gasteiger charge is 2.10. The second-order valence-corrected chi connectivity index (χ2v) is 4.89. The number of benzene rings is 2. The Hall–Kier alpha value is -2.09. The SMILES string of the molecule is Cc1cc(C)c2c(c1)c(=O)n(C)c1ccccc21. The number of pyridine rings is 1. The molecule has 0 fully saturated rings. The van der Waals surface area contributed by atoms with E-state index in [1.165, 1.54) is 5.56 Å². The predicted octanol–water partition coefficient (Wildman–Crippen LogP) is 3.31. The lowest BCUT2D eigenvalue weighted by Gasteiger charge is -2.11. The number of rotatable bonds is 0. The molecule has 90 valence electrons. The van der Waals surface area contributed by atoms with Crippen molar-refractivity contribution in [2.75, 3.05) is 0 Å². The molecule has 2 aromatic carbocycles. The maximum atomic E-state index is 12.4. The Morgan fingerprint density at radius 1 is 1.00 bits per heavy atom. The van der Waals surface area contributed by atoms with E-state index in [-0.39, 0.29) is 5.56 Å². The molecule has 2 nitrogen and oxygen atoms in total. The van der Waals surface area contributed by atoms with Crippen molar-refractivity contribution in [2.24, 2.45) is 7.05 Å². The molecule has 0 unspecified atom stereocenters. The van der Waals surface area contributed by atoms with Crippen molar-refractivity contribution in [1.82, 2.24) is 4.57 Å². The largest absolute Gasteiger partial charge is 0.311 e. The summed E-state index contributed by atoms with van der Waals surface area (Å²) in [5.74, 6) is 0. The number of aryl methyl sites for hydroxylation is 3. The van der Waals surface area contributed by atoms with Crippen molar-refractivity contribution in [3.05, 3.63) is 57.9 Å². The lowest BCUT2D eigenvalue weighted by Crippen LogP contribution is -2.17. The van der Waals surface area contributed by atoms with E-state index in [1.54, 1.807) is 4.57 Å². The van der Waals surface area contributed by atoms with Gasteiger partial charge >= 0.3 is 0 Å². The standard InChI is InChI=1S/C16H15NO/c1-10-8-11(2)15-12-6-4-5-7-14(12)17(3)16(18)13(15)9-10/h4-9H,1-3H3. The van der Waals surface area contributed by atoms with Crippen LogP contribution in [-0.4, -0.2) is 4.57 Å². The van der Waals surface area contributed by atoms with Gasteiger partial charge in [0.2, 0.25) is 0 Å². The highest BCUT2D eigenvalue weighted by atomic mass is 16.1. The maximum Gasteiger partial charge on any atom is 0.258 e. The Morgan fingerprint density at radius 2 is 1.72 bits per heavy atom. The number of hydrogen-bond acceptors (Lipinski definition) is 1. The quantitative estimate of drug-likeness (QED) is 0.550. The van der Waals surface area contributed by atoms with Crippen molar-refractivity contribution in [3.63, 3.8) is 0 Å². The number of hydrogen-bond donors (Lipinski definition) is 0. The summed E-state index contributed by atoms with van der Waals surface area (Å²) >= 11 is 0. The third-order valence-electron chi connectivity index (χ3n) is 3.55. The third-order valence-corrected chi connectivity index (χ3v) is 3.55. The molecule has 0 N–H and O–H groups in total. The van der Waals surface area contributed by atoms with Gasteiger partial charge in [0.1, 0.15) is 0 Å². The summed E-state index contributed by atoms with van der Waals surface area (Å²) in [6.07, 6.45) is 0. The molecule has 1 heterocycles. The van der Waals surface area contributed by atoms with Gasteiger partial charge in [-0.05, 0) is 36.9 Å². The van der Waals surface area contributed by atoms with E-state index in [0.717, 1.165) is 27.2 Å². The Morgan fingerprint density at radius 3 is 2.50 bits per heavy atom. The summed E-state index contributed by atoms with van der Waals surface area (Å²) in [6, 6.07) is 12.2. The average Bonchev–Trinajstić information content (AvgIpc) is 2.35. The van der Waals surface area contributed by atoms with Crippen LogP contribution in [0.1, 0.15) is 11.1 Å². The van der Waals surface area contributed by atoms with Crippen LogP contribution in [0.4, 0.5) is 0 Å². The smallest absolute Gasteiger partial charge is 0.258 e. The fourth-order valence-electron chi connectivity index (χ4n) is 2.76. The fourth-order valence-corrected chi connectivity index (χ4v) is 2.76. The Balaban J connectivity index is 2.75. The van der Waals surface area contributed by atoms with E-state index >= 15 is 0 Å². The van der Waals surface area contributed by atoms with Gasteiger partial charge in [0.15, 0.2) is 0 Å². The summed E-state index contributed by atoms with van der Waals surface area (Å²) in [5.41, 5.74) is 3.36. The van der Waals surface area contributed by atoms with Gasteiger partial charge in [-0.15, -0.1) is 0 Å². The van der Waals surface area contributed by atoms with Crippen molar-refractivity contribution < 1.29 is 0 Å². The Bertz CT molecular complexity index is 828. The molecule has 0 saturated heterocycles. The summed E-state index contributed by atoms with van der Waals surface area (Å²) in [4.78, 5) is 12.4. The zero-order chi connectivity index (χ0) is 12.9. The average molecular weight is 237 g/mol. The molecule has 0 aliphatic rings. The molecule has 0 atom stereocenters. The zero-order valence-corrected chi connectivity index (χ0v) is 10.8. The van der Waals surface area contributed by atoms with Gasteiger partial charge in [-0.2, -0.15) is 0 Å². The molecule has 0 amide bonds. The van der Waals surface area contributed by atoms with Crippen LogP contribution in [0, 0.1) is 13.8 Å². The molecule has 0 aliphatic heterocycles. The van der Waals surface area contributed by atoms with Crippen LogP contribution in [0.3, 0.4) is 0 Å². The van der Waals surface area contributed by atoms with Gasteiger partial charge in [-0.1, -0.05) is 29.8 Å². The predicted molar refractivity (Wildman–Crippen MR) is 76.2 cm³/mol. The van der Waals surface area contributed by atoms with Crippen LogP contribution >= 0.6 is 0 Å². The summed E-state index contributed by atoms with van der Waals surface area (Å²) in [7, 11) is 1.84. The molecular formula is C16H15NO. The summed E-state index contributed by atoms with van der Waals surface area (Å²) in [5, 5.41) is 3.04. The maximum absolute atomic E-state index is 12.4. The van der Waals surface area contributed by atoms with Crippen molar-refractivity contribution in [1.29, 1.82) is 0 Å². The number of aromatic nitrogens is 1. The normalized spacial score (nSPS) is 11.3. The summed E-state index contributed by atoms with van der Waals surface area (Å²) < 4.78 is 1.73. The molecular weight excluding hydrogens is 222 g/mol. The Kier molecular flexibility index (Phi) is 2.27. The molecule has 0 radical (unpaired) electrons. The van der Waals surface area contributed by atoms with E-state index in [1.807, 2.05) is 38.2 Å². The molecule has 0 bridgehead atoms. The third kappa shape index (κ3) is 1.39. The molecule has 0 saturated carbocycles. The lowest BCUT2D eigenvalue weighted by molar-refractivity contribution is 0.918. The first-order valence-corrected chi connectivity index (χ1v) is 6.08. The van der Waals surface area contributed by atoms with Crippen LogP contribution in [0.15, 0.2) is 41.2 Å². The first-order chi connectivity index (χ1) is 8.59. The van der Waals surface area contributed by atoms with Crippen molar-refractivity contribution >= 4 is 21.7 Å². The molecule has 0 spiro atoms. The molecule has 1 aromatic heterocycles. The van der Waals surface area contributed by atoms with E-state index < -0.39 is 0 Å². The lowest BCUT2D eigenvalue weighted by atomic mass is 9.99. The zero-order valence-electron chi connectivity index (χ0n) is 10.8. The molecule has 0 aliphatic carbocycles. The molecule has 3 aromatic rings. The van der Waals surface area contributed by atoms with Crippen LogP contribution < -0.4 is 5.56 Å². The van der Waals surface area contributed by atoms with Gasteiger partial charge in [0, 0.05) is 17.8 Å². The van der Waals surface area contributed by atoms with Crippen LogP contribution in [0.25, 0.3) is 21.7 Å². The second kappa shape index (κ2) is 3.70. The minimum Gasteiger partial charge on any atom is -0.311 e. The molecule has 18 heavy (non-hydrogen) atoms. The summed E-state index contributed by atoms with van der Waals surface area (Å²) in [6.45, 7) is 4.10. The van der Waals surface area contributed by atoms with Gasteiger partial charge < -0.3 is 4.57 Å². The highest BCUT2D eigenvalue weighted by Crippen LogP contribution is 2.26. The molecule has 3 rings (SSSR count). The number of fused-ring (bicyclic) bond motifs is 3. The first kappa shape index (κ1) is 11.0. The Labute approximate surface area is 105 Å². The first-order valence-electron chi connectivity index (χ1n) is 6.08. The van der Waals surface area contributed by atoms with E-state index in [9.17, 15) is 4.79 Å². The topological polar surface area (TPSA) is 22.0 Å². The molecule has 2 heteroatoms. The minimum absolute atomic E-state index is 0.0792. The van der Waals surface area contributed by atoms with E-state index in [4.69, 9.17) is 0 Å². The van der Waals surface area contributed by atoms with Crippen molar-refractivity contribution in [3.8, 4) is 0 Å². The van der Waals surface area contributed by atoms with Gasteiger partial charge in [-0.25, -0.2) is 0 Å². The number of nitrogens with zero attached hydrogens (tertiary/aromatic N) is 1. The van der Waals surface area contributed by atoms with Gasteiger partial charge in [0.05, 0.1) is 5.52 Å². The van der Waals surface area contributed by atoms with E-state index in [2.05, 4.69) is 19.1 Å². The highest BCUT2D eigenvalue weighted by molar-refractivity contribution is 6.07. The van der Waals surface area contributed by atoms with Gasteiger partial charge in [0.25, 0.3) is 5.56 Å². The van der Waals surface area contributed by atoms with Crippen molar-refractivity contribution in [2.45, 2.75) is 13.8 Å². The second-order valence-electron chi connectivity index (χ2n) is 4.89. The number of para-hydroxylation sites is 1. The monoisotopic (exact) mass is 237 g/mol. The van der Waals surface area contributed by atoms with E-state index in [0.29, 0.717) is 0 Å². The van der Waals surface area contributed by atoms with Gasteiger partial charge in [-0.3, -0.25) is 4.79 Å².